The van der Waals surface area contributed by atoms with Gasteiger partial charge in [-0.25, -0.2) is 4.90 Å². The Morgan fingerprint density at radius 1 is 1.16 bits per heavy atom. The Bertz CT molecular complexity index is 818. The first-order valence-corrected chi connectivity index (χ1v) is 8.61. The van der Waals surface area contributed by atoms with Crippen LogP contribution in [0.3, 0.4) is 0 Å². The van der Waals surface area contributed by atoms with Crippen LogP contribution in [0.2, 0.25) is 0 Å². The summed E-state index contributed by atoms with van der Waals surface area (Å²) in [7, 11) is 0. The zero-order valence-electron chi connectivity index (χ0n) is 13.8. The maximum absolute atomic E-state index is 13.0. The third-order valence-corrected chi connectivity index (χ3v) is 5.97. The molecule has 130 valence electrons. The number of non-ortho nitro benzene ring substituents is 1. The van der Waals surface area contributed by atoms with Crippen molar-refractivity contribution in [2.75, 3.05) is 4.90 Å². The number of ketones is 1. The summed E-state index contributed by atoms with van der Waals surface area (Å²) in [6.45, 7) is 1.87. The first-order chi connectivity index (χ1) is 11.9. The highest BCUT2D eigenvalue weighted by Gasteiger charge is 2.61. The predicted octanol–water partition coefficient (Wildman–Crippen LogP) is 2.26. The van der Waals surface area contributed by atoms with Gasteiger partial charge in [0.2, 0.25) is 11.8 Å². The molecule has 1 saturated heterocycles. The standard InChI is InChI=1S/C18H18N2O5/c1-2-9-3-5-11(20(24)25)8-13(9)19-17(22)15-10-4-6-12(14(21)7-10)16(15)18(19)23/h3,5,8,10,12,15-16H,2,4,6-7H2,1H3/t10-,12+,15+,16-/m1/s1. The van der Waals surface area contributed by atoms with Crippen LogP contribution in [0.5, 0.6) is 0 Å². The van der Waals surface area contributed by atoms with E-state index in [1.54, 1.807) is 6.07 Å². The van der Waals surface area contributed by atoms with E-state index in [4.69, 9.17) is 0 Å². The number of carbonyl (C=O) groups is 3. The maximum Gasteiger partial charge on any atom is 0.271 e. The highest BCUT2D eigenvalue weighted by atomic mass is 16.6. The van der Waals surface area contributed by atoms with Gasteiger partial charge in [0.1, 0.15) is 5.78 Å². The van der Waals surface area contributed by atoms with Gasteiger partial charge in [0, 0.05) is 24.5 Å². The number of nitro groups is 1. The van der Waals surface area contributed by atoms with Gasteiger partial charge in [0.05, 0.1) is 22.4 Å². The SMILES string of the molecule is CCc1ccc([N+](=O)[O-])cc1N1C(=O)[C@H]2[C@@H]3CC[C@@H](C(=O)C3)[C@H]2C1=O. The molecule has 4 fully saturated rings. The average Bonchev–Trinajstić information content (AvgIpc) is 2.87. The second-order valence-electron chi connectivity index (χ2n) is 7.10. The summed E-state index contributed by atoms with van der Waals surface area (Å²) < 4.78 is 0. The number of imide groups is 1. The molecule has 4 aliphatic rings. The number of hydrogen-bond acceptors (Lipinski definition) is 5. The Balaban J connectivity index is 1.81. The van der Waals surface area contributed by atoms with Crippen molar-refractivity contribution in [1.82, 2.24) is 0 Å². The molecule has 1 aromatic carbocycles. The minimum Gasteiger partial charge on any atom is -0.299 e. The molecule has 25 heavy (non-hydrogen) atoms. The molecule has 3 saturated carbocycles. The average molecular weight is 342 g/mol. The number of nitrogens with zero attached hydrogens (tertiary/aromatic N) is 2. The second-order valence-corrected chi connectivity index (χ2v) is 7.10. The van der Waals surface area contributed by atoms with Crippen LogP contribution in [0.15, 0.2) is 18.2 Å². The van der Waals surface area contributed by atoms with Gasteiger partial charge >= 0.3 is 0 Å². The lowest BCUT2D eigenvalue weighted by molar-refractivity contribution is -0.384. The van der Waals surface area contributed by atoms with Gasteiger partial charge in [0.15, 0.2) is 0 Å². The second kappa shape index (κ2) is 5.47. The Hall–Kier alpha value is -2.57. The third kappa shape index (κ3) is 2.14. The Labute approximate surface area is 144 Å². The molecule has 0 aromatic heterocycles. The number of rotatable bonds is 3. The third-order valence-electron chi connectivity index (χ3n) is 5.97. The molecular formula is C18H18N2O5. The summed E-state index contributed by atoms with van der Waals surface area (Å²) in [4.78, 5) is 49.9. The van der Waals surface area contributed by atoms with E-state index in [0.717, 1.165) is 11.3 Å². The molecule has 0 unspecified atom stereocenters. The van der Waals surface area contributed by atoms with Crippen LogP contribution in [0.25, 0.3) is 0 Å². The van der Waals surface area contributed by atoms with Gasteiger partial charge in [-0.05, 0) is 30.7 Å². The van der Waals surface area contributed by atoms with Gasteiger partial charge < -0.3 is 0 Å². The van der Waals surface area contributed by atoms with Crippen LogP contribution < -0.4 is 4.90 Å². The van der Waals surface area contributed by atoms with E-state index in [1.165, 1.54) is 12.1 Å². The fourth-order valence-electron chi connectivity index (χ4n) is 4.79. The van der Waals surface area contributed by atoms with Crippen molar-refractivity contribution < 1.29 is 19.3 Å². The predicted molar refractivity (Wildman–Crippen MR) is 87.8 cm³/mol. The molecule has 0 spiro atoms. The molecule has 1 heterocycles. The van der Waals surface area contributed by atoms with Crippen molar-refractivity contribution in [2.24, 2.45) is 23.7 Å². The Morgan fingerprint density at radius 3 is 2.52 bits per heavy atom. The monoisotopic (exact) mass is 342 g/mol. The molecule has 3 aliphatic carbocycles. The molecule has 2 amide bonds. The number of anilines is 1. The van der Waals surface area contributed by atoms with Gasteiger partial charge in [0.25, 0.3) is 5.69 Å². The van der Waals surface area contributed by atoms with E-state index in [0.29, 0.717) is 30.5 Å². The summed E-state index contributed by atoms with van der Waals surface area (Å²) >= 11 is 0. The molecule has 0 N–H and O–H groups in total. The van der Waals surface area contributed by atoms with Crippen molar-refractivity contribution in [3.05, 3.63) is 33.9 Å². The van der Waals surface area contributed by atoms with Crippen LogP contribution in [0.4, 0.5) is 11.4 Å². The molecule has 1 aromatic rings. The smallest absolute Gasteiger partial charge is 0.271 e. The molecule has 7 nitrogen and oxygen atoms in total. The number of carbonyl (C=O) groups excluding carboxylic acids is 3. The molecule has 0 radical (unpaired) electrons. The normalized spacial score (nSPS) is 30.8. The fourth-order valence-corrected chi connectivity index (χ4v) is 4.79. The maximum atomic E-state index is 13.0. The van der Waals surface area contributed by atoms with Gasteiger partial charge in [-0.1, -0.05) is 13.0 Å². The molecule has 5 rings (SSSR count). The van der Waals surface area contributed by atoms with E-state index in [1.807, 2.05) is 6.92 Å². The molecule has 2 bridgehead atoms. The van der Waals surface area contributed by atoms with Crippen LogP contribution >= 0.6 is 0 Å². The number of aryl methyl sites for hydroxylation is 1. The van der Waals surface area contributed by atoms with Crippen molar-refractivity contribution in [1.29, 1.82) is 0 Å². The quantitative estimate of drug-likeness (QED) is 0.477. The van der Waals surface area contributed by atoms with Crippen molar-refractivity contribution >= 4 is 29.0 Å². The zero-order valence-corrected chi connectivity index (χ0v) is 13.8. The van der Waals surface area contributed by atoms with Crippen molar-refractivity contribution in [2.45, 2.75) is 32.6 Å². The number of Topliss-reactive ketones (excluding diaryl/α,β-unsaturated/α-hetero) is 1. The minimum atomic E-state index is -0.587. The summed E-state index contributed by atoms with van der Waals surface area (Å²) in [5.41, 5.74) is 0.860. The van der Waals surface area contributed by atoms with E-state index in [9.17, 15) is 24.5 Å². The summed E-state index contributed by atoms with van der Waals surface area (Å²) in [6, 6.07) is 4.28. The van der Waals surface area contributed by atoms with E-state index in [2.05, 4.69) is 0 Å². The molecular weight excluding hydrogens is 324 g/mol. The largest absolute Gasteiger partial charge is 0.299 e. The van der Waals surface area contributed by atoms with Crippen molar-refractivity contribution in [3.8, 4) is 0 Å². The Kier molecular flexibility index (Phi) is 3.49. The molecule has 1 aliphatic heterocycles. The first-order valence-electron chi connectivity index (χ1n) is 8.61. The number of hydrogen-bond donors (Lipinski definition) is 0. The van der Waals surface area contributed by atoms with Crippen LogP contribution in [0.1, 0.15) is 31.7 Å². The summed E-state index contributed by atoms with van der Waals surface area (Å²) in [5.74, 6) is -2.08. The van der Waals surface area contributed by atoms with Crippen LogP contribution in [-0.2, 0) is 20.8 Å². The minimum absolute atomic E-state index is 0.0762. The lowest BCUT2D eigenvalue weighted by Crippen LogP contribution is -2.46. The van der Waals surface area contributed by atoms with Gasteiger partial charge in [-0.15, -0.1) is 0 Å². The van der Waals surface area contributed by atoms with Gasteiger partial charge in [-0.3, -0.25) is 24.5 Å². The molecule has 7 heteroatoms. The van der Waals surface area contributed by atoms with Crippen LogP contribution in [0, 0.1) is 33.8 Å². The van der Waals surface area contributed by atoms with E-state index < -0.39 is 16.8 Å². The van der Waals surface area contributed by atoms with Crippen molar-refractivity contribution in [3.63, 3.8) is 0 Å². The Morgan fingerprint density at radius 2 is 1.88 bits per heavy atom. The van der Waals surface area contributed by atoms with Crippen LogP contribution in [-0.4, -0.2) is 22.5 Å². The number of benzene rings is 1. The summed E-state index contributed by atoms with van der Waals surface area (Å²) in [5, 5.41) is 11.1. The lowest BCUT2D eigenvalue weighted by Gasteiger charge is -2.41. The first kappa shape index (κ1) is 15.9. The zero-order chi connectivity index (χ0) is 17.9. The number of nitro benzene ring substituents is 1. The highest BCUT2D eigenvalue weighted by Crippen LogP contribution is 2.52. The summed E-state index contributed by atoms with van der Waals surface area (Å²) in [6.07, 6.45) is 2.37. The van der Waals surface area contributed by atoms with E-state index >= 15 is 0 Å². The number of amides is 2. The van der Waals surface area contributed by atoms with E-state index in [-0.39, 0.29) is 35.1 Å². The fraction of sp³-hybridized carbons (Fsp3) is 0.500. The topological polar surface area (TPSA) is 97.6 Å². The molecule has 4 atom stereocenters. The highest BCUT2D eigenvalue weighted by molar-refractivity contribution is 6.24. The van der Waals surface area contributed by atoms with Gasteiger partial charge in [-0.2, -0.15) is 0 Å². The number of fused-ring (bicyclic) bond motifs is 2. The lowest BCUT2D eigenvalue weighted by atomic mass is 9.59.